The van der Waals surface area contributed by atoms with Gasteiger partial charge in [-0.3, -0.25) is 9.48 Å². The first kappa shape index (κ1) is 13.5. The molecule has 7 nitrogen and oxygen atoms in total. The van der Waals surface area contributed by atoms with Crippen LogP contribution in [0, 0.1) is 0 Å². The molecular weight excluding hydrogens is 268 g/mol. The first-order chi connectivity index (χ1) is 10.2. The van der Waals surface area contributed by atoms with Gasteiger partial charge in [-0.15, -0.1) is 0 Å². The lowest BCUT2D eigenvalue weighted by Crippen LogP contribution is -2.35. The molecule has 2 aromatic heterocycles. The van der Waals surface area contributed by atoms with Gasteiger partial charge in [-0.25, -0.2) is 9.97 Å². The third-order valence-corrected chi connectivity index (χ3v) is 3.55. The minimum absolute atomic E-state index is 0.00794. The molecule has 3 rings (SSSR count). The fourth-order valence-corrected chi connectivity index (χ4v) is 2.47. The molecular formula is C14H18N6O. The lowest BCUT2D eigenvalue weighted by Gasteiger charge is -2.21. The van der Waals surface area contributed by atoms with E-state index >= 15 is 0 Å². The van der Waals surface area contributed by atoms with Crippen molar-refractivity contribution in [2.45, 2.75) is 6.42 Å². The average Bonchev–Trinajstić information content (AvgIpc) is 2.81. The van der Waals surface area contributed by atoms with E-state index in [1.165, 1.54) is 0 Å². The van der Waals surface area contributed by atoms with E-state index in [-0.39, 0.29) is 5.91 Å². The highest BCUT2D eigenvalue weighted by atomic mass is 16.2. The van der Waals surface area contributed by atoms with Crippen LogP contribution >= 0.6 is 0 Å². The zero-order valence-corrected chi connectivity index (χ0v) is 12.0. The second-order valence-corrected chi connectivity index (χ2v) is 5.06. The highest BCUT2D eigenvalue weighted by molar-refractivity contribution is 5.92. The standard InChI is InChI=1S/C14H18N6O/c1-18-9-4-12(17-18)13(21)19-7-3-8-20(11-10-19)14-15-5-2-6-16-14/h2,4-6,9H,3,7-8,10-11H2,1H3. The average molecular weight is 286 g/mol. The van der Waals surface area contributed by atoms with E-state index in [0.717, 1.165) is 32.0 Å². The summed E-state index contributed by atoms with van der Waals surface area (Å²) in [4.78, 5) is 24.9. The number of rotatable bonds is 2. The summed E-state index contributed by atoms with van der Waals surface area (Å²) in [5.41, 5.74) is 0.502. The smallest absolute Gasteiger partial charge is 0.274 e. The number of hydrogen-bond donors (Lipinski definition) is 0. The molecule has 0 radical (unpaired) electrons. The molecule has 1 amide bonds. The lowest BCUT2D eigenvalue weighted by atomic mass is 10.3. The van der Waals surface area contributed by atoms with Crippen LogP contribution in [-0.4, -0.2) is 56.7 Å². The Kier molecular flexibility index (Phi) is 3.81. The number of nitrogens with zero attached hydrogens (tertiary/aromatic N) is 6. The molecule has 0 aromatic carbocycles. The molecule has 0 atom stereocenters. The summed E-state index contributed by atoms with van der Waals surface area (Å²) in [6.45, 7) is 2.99. The van der Waals surface area contributed by atoms with Crippen molar-refractivity contribution >= 4 is 11.9 Å². The number of aromatic nitrogens is 4. The van der Waals surface area contributed by atoms with Crippen LogP contribution in [-0.2, 0) is 7.05 Å². The predicted molar refractivity (Wildman–Crippen MR) is 78.0 cm³/mol. The molecule has 1 aliphatic heterocycles. The van der Waals surface area contributed by atoms with Crippen LogP contribution in [0.4, 0.5) is 5.95 Å². The zero-order chi connectivity index (χ0) is 14.7. The van der Waals surface area contributed by atoms with E-state index in [4.69, 9.17) is 0 Å². The maximum Gasteiger partial charge on any atom is 0.274 e. The highest BCUT2D eigenvalue weighted by Crippen LogP contribution is 2.12. The molecule has 2 aromatic rings. The van der Waals surface area contributed by atoms with Gasteiger partial charge in [-0.2, -0.15) is 5.10 Å². The second-order valence-electron chi connectivity index (χ2n) is 5.06. The zero-order valence-electron chi connectivity index (χ0n) is 12.0. The molecule has 0 N–H and O–H groups in total. The quantitative estimate of drug-likeness (QED) is 0.807. The van der Waals surface area contributed by atoms with Crippen molar-refractivity contribution in [3.63, 3.8) is 0 Å². The van der Waals surface area contributed by atoms with Crippen molar-refractivity contribution in [2.24, 2.45) is 7.05 Å². The Morgan fingerprint density at radius 1 is 1.14 bits per heavy atom. The van der Waals surface area contributed by atoms with Crippen molar-refractivity contribution in [1.82, 2.24) is 24.6 Å². The van der Waals surface area contributed by atoms with Gasteiger partial charge in [-0.1, -0.05) is 0 Å². The molecule has 110 valence electrons. The normalized spacial score (nSPS) is 15.9. The van der Waals surface area contributed by atoms with Gasteiger partial charge in [0.25, 0.3) is 5.91 Å². The fourth-order valence-electron chi connectivity index (χ4n) is 2.47. The van der Waals surface area contributed by atoms with E-state index in [1.54, 1.807) is 35.4 Å². The number of anilines is 1. The number of carbonyl (C=O) groups excluding carboxylic acids is 1. The summed E-state index contributed by atoms with van der Waals surface area (Å²) >= 11 is 0. The van der Waals surface area contributed by atoms with E-state index < -0.39 is 0 Å². The van der Waals surface area contributed by atoms with Crippen molar-refractivity contribution < 1.29 is 4.79 Å². The minimum Gasteiger partial charge on any atom is -0.339 e. The molecule has 0 saturated carbocycles. The minimum atomic E-state index is -0.00794. The largest absolute Gasteiger partial charge is 0.339 e. The SMILES string of the molecule is Cn1ccc(C(=O)N2CCCN(c3ncccn3)CC2)n1. The maximum atomic E-state index is 12.4. The van der Waals surface area contributed by atoms with Gasteiger partial charge in [0.05, 0.1) is 0 Å². The van der Waals surface area contributed by atoms with E-state index in [9.17, 15) is 4.79 Å². The summed E-state index contributed by atoms with van der Waals surface area (Å²) in [6, 6.07) is 3.56. The molecule has 3 heterocycles. The highest BCUT2D eigenvalue weighted by Gasteiger charge is 2.22. The van der Waals surface area contributed by atoms with Gasteiger partial charge in [0, 0.05) is 51.8 Å². The number of carbonyl (C=O) groups is 1. The van der Waals surface area contributed by atoms with Crippen LogP contribution in [0.1, 0.15) is 16.9 Å². The maximum absolute atomic E-state index is 12.4. The summed E-state index contributed by atoms with van der Waals surface area (Å²) in [5.74, 6) is 0.719. The molecule has 0 spiro atoms. The lowest BCUT2D eigenvalue weighted by molar-refractivity contribution is 0.0760. The van der Waals surface area contributed by atoms with E-state index in [1.807, 2.05) is 11.9 Å². The Morgan fingerprint density at radius 2 is 1.95 bits per heavy atom. The van der Waals surface area contributed by atoms with Crippen LogP contribution in [0.5, 0.6) is 0 Å². The van der Waals surface area contributed by atoms with Gasteiger partial charge in [0.2, 0.25) is 5.95 Å². The van der Waals surface area contributed by atoms with Crippen molar-refractivity contribution in [1.29, 1.82) is 0 Å². The predicted octanol–water partition coefficient (Wildman–Crippen LogP) is 0.563. The Morgan fingerprint density at radius 3 is 2.67 bits per heavy atom. The summed E-state index contributed by atoms with van der Waals surface area (Å²) in [5, 5.41) is 4.18. The molecule has 1 fully saturated rings. The topological polar surface area (TPSA) is 67.2 Å². The summed E-state index contributed by atoms with van der Waals surface area (Å²) in [6.07, 6.45) is 6.17. The number of aryl methyl sites for hydroxylation is 1. The number of amides is 1. The first-order valence-corrected chi connectivity index (χ1v) is 7.05. The first-order valence-electron chi connectivity index (χ1n) is 7.05. The second kappa shape index (κ2) is 5.90. The molecule has 0 bridgehead atoms. The molecule has 0 aliphatic carbocycles. The van der Waals surface area contributed by atoms with Gasteiger partial charge in [0.1, 0.15) is 5.69 Å². The fraction of sp³-hybridized carbons (Fsp3) is 0.429. The van der Waals surface area contributed by atoms with Gasteiger partial charge in [0.15, 0.2) is 0 Å². The monoisotopic (exact) mass is 286 g/mol. The molecule has 1 saturated heterocycles. The third kappa shape index (κ3) is 3.01. The van der Waals surface area contributed by atoms with E-state index in [0.29, 0.717) is 12.2 Å². The van der Waals surface area contributed by atoms with Gasteiger partial charge in [-0.05, 0) is 18.6 Å². The Hall–Kier alpha value is -2.44. The number of hydrogen-bond acceptors (Lipinski definition) is 5. The molecule has 21 heavy (non-hydrogen) atoms. The van der Waals surface area contributed by atoms with Crippen LogP contribution < -0.4 is 4.90 Å². The van der Waals surface area contributed by atoms with Gasteiger partial charge >= 0.3 is 0 Å². The molecule has 7 heteroatoms. The Bertz CT molecular complexity index is 611. The van der Waals surface area contributed by atoms with Crippen molar-refractivity contribution in [3.8, 4) is 0 Å². The Balaban J connectivity index is 1.67. The summed E-state index contributed by atoms with van der Waals surface area (Å²) in [7, 11) is 1.81. The molecule has 1 aliphatic rings. The van der Waals surface area contributed by atoms with Crippen LogP contribution in [0.3, 0.4) is 0 Å². The van der Waals surface area contributed by atoms with Gasteiger partial charge < -0.3 is 9.80 Å². The van der Waals surface area contributed by atoms with Crippen molar-refractivity contribution in [3.05, 3.63) is 36.4 Å². The van der Waals surface area contributed by atoms with E-state index in [2.05, 4.69) is 20.0 Å². The van der Waals surface area contributed by atoms with Crippen LogP contribution in [0.2, 0.25) is 0 Å². The Labute approximate surface area is 123 Å². The third-order valence-electron chi connectivity index (χ3n) is 3.55. The summed E-state index contributed by atoms with van der Waals surface area (Å²) < 4.78 is 1.65. The van der Waals surface area contributed by atoms with Crippen LogP contribution in [0.25, 0.3) is 0 Å². The molecule has 0 unspecified atom stereocenters. The van der Waals surface area contributed by atoms with Crippen LogP contribution in [0.15, 0.2) is 30.7 Å². The van der Waals surface area contributed by atoms with Crippen molar-refractivity contribution in [2.75, 3.05) is 31.1 Å².